The maximum atomic E-state index is 10.4. The van der Waals surface area contributed by atoms with Crippen molar-refractivity contribution in [1.82, 2.24) is 0 Å². The first kappa shape index (κ1) is 31.7. The van der Waals surface area contributed by atoms with E-state index in [1.54, 1.807) is 6.92 Å². The van der Waals surface area contributed by atoms with E-state index < -0.39 is 34.3 Å². The van der Waals surface area contributed by atoms with Crippen LogP contribution in [0.3, 0.4) is 0 Å². The maximum Gasteiger partial charge on any atom is 0.303 e. The van der Waals surface area contributed by atoms with Crippen molar-refractivity contribution in [3.05, 3.63) is 72.9 Å². The van der Waals surface area contributed by atoms with E-state index in [0.717, 1.165) is 54.7 Å². The largest absolute Gasteiger partial charge is 0.481 e. The molecule has 0 saturated carbocycles. The fraction of sp³-hybridized carbons (Fsp3) is 0.409. The summed E-state index contributed by atoms with van der Waals surface area (Å²) in [6.07, 6.45) is 12.5. The van der Waals surface area contributed by atoms with Crippen LogP contribution in [-0.4, -0.2) is 96.0 Å². The number of aliphatic hydroxyl groups is 8. The van der Waals surface area contributed by atoms with Crippen LogP contribution in [0.2, 0.25) is 0 Å². The first-order valence-corrected chi connectivity index (χ1v) is 10.5. The average Bonchev–Trinajstić information content (AvgIpc) is 2.71. The van der Waals surface area contributed by atoms with Crippen LogP contribution >= 0.6 is 0 Å². The van der Waals surface area contributed by atoms with Crippen molar-refractivity contribution in [3.8, 4) is 0 Å². The van der Waals surface area contributed by atoms with Gasteiger partial charge in [-0.2, -0.15) is 0 Å². The SMILES string of the molecule is BC(O)(/C=C\C(B)(O)/C=C\C(O)(O)/C=C\C(O)(O)/C=C\CC)/C=C\C(O)(O)/C=C\CCC(=O)O. The van der Waals surface area contributed by atoms with Gasteiger partial charge in [0, 0.05) is 6.42 Å². The first-order valence-electron chi connectivity index (χ1n) is 10.5. The molecule has 0 rings (SSSR count). The quantitative estimate of drug-likeness (QED) is 0.0716. The van der Waals surface area contributed by atoms with Crippen molar-refractivity contribution in [2.45, 2.75) is 54.5 Å². The molecule has 0 aromatic heterocycles. The second kappa shape index (κ2) is 13.0. The van der Waals surface area contributed by atoms with E-state index in [2.05, 4.69) is 0 Å². The molecule has 2 unspecified atom stereocenters. The lowest BCUT2D eigenvalue weighted by atomic mass is 9.75. The van der Waals surface area contributed by atoms with Gasteiger partial charge in [-0.15, -0.1) is 0 Å². The van der Waals surface area contributed by atoms with Crippen LogP contribution in [0.5, 0.6) is 0 Å². The summed E-state index contributed by atoms with van der Waals surface area (Å²) in [7, 11) is 2.54. The summed E-state index contributed by atoms with van der Waals surface area (Å²) in [6, 6.07) is 0. The third kappa shape index (κ3) is 16.4. The molecule has 0 aliphatic carbocycles. The van der Waals surface area contributed by atoms with Crippen molar-refractivity contribution in [2.24, 2.45) is 0 Å². The fourth-order valence-corrected chi connectivity index (χ4v) is 2.20. The van der Waals surface area contributed by atoms with E-state index in [1.807, 2.05) is 0 Å². The van der Waals surface area contributed by atoms with E-state index in [4.69, 9.17) is 5.11 Å². The van der Waals surface area contributed by atoms with Gasteiger partial charge in [0.2, 0.25) is 17.4 Å². The zero-order valence-electron chi connectivity index (χ0n) is 19.5. The lowest BCUT2D eigenvalue weighted by molar-refractivity contribution is -0.136. The highest BCUT2D eigenvalue weighted by molar-refractivity contribution is 6.18. The Hall–Kier alpha value is -2.28. The molecule has 0 aromatic carbocycles. The van der Waals surface area contributed by atoms with Gasteiger partial charge in [-0.25, -0.2) is 0 Å². The normalized spacial score (nSPS) is 18.1. The second-order valence-electron chi connectivity index (χ2n) is 8.28. The number of hydrogen-bond donors (Lipinski definition) is 9. The van der Waals surface area contributed by atoms with Gasteiger partial charge in [-0.3, -0.25) is 4.79 Å². The Morgan fingerprint density at radius 3 is 1.32 bits per heavy atom. The molecule has 0 radical (unpaired) electrons. The number of carboxylic acid groups (broad SMARTS) is 1. The monoisotopic (exact) mass is 480 g/mol. The molecule has 0 spiro atoms. The lowest BCUT2D eigenvalue weighted by Gasteiger charge is -2.22. The van der Waals surface area contributed by atoms with E-state index in [-0.39, 0.29) is 12.8 Å². The molecular formula is C22H34B2O10. The topological polar surface area (TPSA) is 199 Å². The molecule has 0 aliphatic heterocycles. The van der Waals surface area contributed by atoms with Crippen LogP contribution in [0.15, 0.2) is 72.9 Å². The van der Waals surface area contributed by atoms with Crippen LogP contribution in [0.4, 0.5) is 0 Å². The molecule has 9 N–H and O–H groups in total. The average molecular weight is 480 g/mol. The van der Waals surface area contributed by atoms with Crippen LogP contribution in [0, 0.1) is 0 Å². The zero-order valence-corrected chi connectivity index (χ0v) is 19.5. The van der Waals surface area contributed by atoms with E-state index in [1.165, 1.54) is 27.8 Å². The van der Waals surface area contributed by atoms with Gasteiger partial charge in [-0.05, 0) is 49.3 Å². The summed E-state index contributed by atoms with van der Waals surface area (Å²) >= 11 is 0. The number of carbonyl (C=O) groups is 1. The molecule has 0 bridgehead atoms. The molecule has 12 heteroatoms. The van der Waals surface area contributed by atoms with Gasteiger partial charge >= 0.3 is 5.97 Å². The third-order valence-corrected chi connectivity index (χ3v) is 4.15. The summed E-state index contributed by atoms with van der Waals surface area (Å²) in [6.45, 7) is 1.77. The van der Waals surface area contributed by atoms with Crippen LogP contribution in [0.25, 0.3) is 0 Å². The lowest BCUT2D eigenvalue weighted by Crippen LogP contribution is -2.31. The predicted octanol–water partition coefficient (Wildman–Crippen LogP) is -2.72. The van der Waals surface area contributed by atoms with Gasteiger partial charge in [-0.1, -0.05) is 43.4 Å². The second-order valence-corrected chi connectivity index (χ2v) is 8.28. The zero-order chi connectivity index (χ0) is 26.7. The van der Waals surface area contributed by atoms with Gasteiger partial charge in [0.1, 0.15) is 0 Å². The number of aliphatic carboxylic acids is 1. The highest BCUT2D eigenvalue weighted by Gasteiger charge is 2.23. The molecule has 0 saturated heterocycles. The summed E-state index contributed by atoms with van der Waals surface area (Å²) in [5, 5.41) is 88.2. The molecule has 188 valence electrons. The van der Waals surface area contributed by atoms with Crippen molar-refractivity contribution in [1.29, 1.82) is 0 Å². The summed E-state index contributed by atoms with van der Waals surface area (Å²) < 4.78 is 0. The van der Waals surface area contributed by atoms with Gasteiger partial charge in [0.15, 0.2) is 15.7 Å². The predicted molar refractivity (Wildman–Crippen MR) is 130 cm³/mol. The Morgan fingerprint density at radius 1 is 0.618 bits per heavy atom. The Kier molecular flexibility index (Phi) is 12.1. The highest BCUT2D eigenvalue weighted by atomic mass is 16.5. The van der Waals surface area contributed by atoms with Crippen LogP contribution in [-0.2, 0) is 4.79 Å². The maximum absolute atomic E-state index is 10.4. The molecule has 0 fully saturated rings. The van der Waals surface area contributed by atoms with Gasteiger partial charge in [0.05, 0.1) is 11.0 Å². The van der Waals surface area contributed by atoms with E-state index in [9.17, 15) is 45.6 Å². The molecule has 0 aromatic rings. The van der Waals surface area contributed by atoms with Crippen molar-refractivity contribution < 1.29 is 50.8 Å². The molecule has 0 amide bonds. The summed E-state index contributed by atoms with van der Waals surface area (Å²) in [5.74, 6) is -8.50. The number of rotatable bonds is 14. The molecule has 34 heavy (non-hydrogen) atoms. The van der Waals surface area contributed by atoms with Crippen molar-refractivity contribution in [2.75, 3.05) is 0 Å². The van der Waals surface area contributed by atoms with Crippen LogP contribution < -0.4 is 0 Å². The third-order valence-electron chi connectivity index (χ3n) is 4.15. The minimum absolute atomic E-state index is 0.0803. The van der Waals surface area contributed by atoms with Gasteiger partial charge < -0.3 is 46.0 Å². The molecule has 10 nitrogen and oxygen atoms in total. The Balaban J connectivity index is 5.26. The highest BCUT2D eigenvalue weighted by Crippen LogP contribution is 2.16. The van der Waals surface area contributed by atoms with Crippen molar-refractivity contribution in [3.63, 3.8) is 0 Å². The van der Waals surface area contributed by atoms with E-state index >= 15 is 0 Å². The van der Waals surface area contributed by atoms with Crippen molar-refractivity contribution >= 4 is 21.7 Å². The number of hydrogen-bond acceptors (Lipinski definition) is 9. The molecule has 2 atom stereocenters. The molecule has 0 heterocycles. The summed E-state index contributed by atoms with van der Waals surface area (Å²) in [4.78, 5) is 10.4. The molecular weight excluding hydrogens is 446 g/mol. The standard InChI is InChI=1S/C22H34B2O10/c1-2-3-7-20(29,30)15-16-22(33,34)14-12-19(24,28)10-9-18(23,27)11-13-21(31,32)8-5-4-6-17(25)26/h3,5,7-16,27-34H,2,4,6,23-24H2,1H3,(H,25,26)/b7-3-,8-5-,10-9-,13-11-,14-12-,16-15-. The molecule has 0 aliphatic rings. The van der Waals surface area contributed by atoms with E-state index in [0.29, 0.717) is 12.5 Å². The fourth-order valence-electron chi connectivity index (χ4n) is 2.20. The Labute approximate surface area is 200 Å². The minimum atomic E-state index is -2.63. The van der Waals surface area contributed by atoms with Crippen LogP contribution in [0.1, 0.15) is 26.2 Å². The first-order chi connectivity index (χ1) is 15.3. The smallest absolute Gasteiger partial charge is 0.303 e. The number of carboxylic acids is 1. The van der Waals surface area contributed by atoms with Gasteiger partial charge in [0.25, 0.3) is 0 Å². The Morgan fingerprint density at radius 2 is 0.941 bits per heavy atom. The minimum Gasteiger partial charge on any atom is -0.481 e. The Bertz CT molecular complexity index is 835. The summed E-state index contributed by atoms with van der Waals surface area (Å²) in [5.41, 5.74) is -3.54. The number of allylic oxidation sites excluding steroid dienone is 2.